The SMILES string of the molecule is CCOC(=O)c1cc(C)c(C2CC2)nc1C(C)(C)C. The molecule has 3 heteroatoms. The number of esters is 1. The zero-order valence-electron chi connectivity index (χ0n) is 12.5. The van der Waals surface area contributed by atoms with Crippen LogP contribution in [0.1, 0.15) is 73.8 Å². The number of nitrogens with zero attached hydrogens (tertiary/aromatic N) is 1. The normalized spacial score (nSPS) is 15.4. The molecule has 0 N–H and O–H groups in total. The monoisotopic (exact) mass is 261 g/mol. The smallest absolute Gasteiger partial charge is 0.340 e. The molecule has 1 fully saturated rings. The molecule has 1 saturated carbocycles. The Morgan fingerprint density at radius 3 is 2.53 bits per heavy atom. The van der Waals surface area contributed by atoms with Crippen LogP contribution in [0.4, 0.5) is 0 Å². The maximum absolute atomic E-state index is 12.1. The van der Waals surface area contributed by atoms with Crippen molar-refractivity contribution >= 4 is 5.97 Å². The molecule has 0 spiro atoms. The summed E-state index contributed by atoms with van der Waals surface area (Å²) in [5, 5.41) is 0. The van der Waals surface area contributed by atoms with Gasteiger partial charge in [-0.2, -0.15) is 0 Å². The van der Waals surface area contributed by atoms with Crippen molar-refractivity contribution in [3.63, 3.8) is 0 Å². The molecule has 1 aromatic rings. The first kappa shape index (κ1) is 14.0. The molecule has 1 aliphatic rings. The average Bonchev–Trinajstić information content (AvgIpc) is 3.11. The maximum atomic E-state index is 12.1. The van der Waals surface area contributed by atoms with Crippen molar-refractivity contribution in [2.24, 2.45) is 0 Å². The summed E-state index contributed by atoms with van der Waals surface area (Å²) in [6.07, 6.45) is 2.44. The highest BCUT2D eigenvalue weighted by Gasteiger charge is 2.31. The third kappa shape index (κ3) is 2.96. The Morgan fingerprint density at radius 1 is 1.42 bits per heavy atom. The molecule has 19 heavy (non-hydrogen) atoms. The minimum absolute atomic E-state index is 0.153. The van der Waals surface area contributed by atoms with Gasteiger partial charge in [-0.25, -0.2) is 4.79 Å². The van der Waals surface area contributed by atoms with Gasteiger partial charge in [0.15, 0.2) is 0 Å². The van der Waals surface area contributed by atoms with E-state index in [1.807, 2.05) is 19.9 Å². The van der Waals surface area contributed by atoms with Crippen molar-refractivity contribution in [1.29, 1.82) is 0 Å². The molecule has 2 rings (SSSR count). The lowest BCUT2D eigenvalue weighted by molar-refractivity contribution is 0.0522. The molecule has 0 bridgehead atoms. The van der Waals surface area contributed by atoms with Crippen molar-refractivity contribution in [3.8, 4) is 0 Å². The largest absolute Gasteiger partial charge is 0.462 e. The van der Waals surface area contributed by atoms with Gasteiger partial charge in [-0.05, 0) is 38.3 Å². The highest BCUT2D eigenvalue weighted by molar-refractivity contribution is 5.91. The van der Waals surface area contributed by atoms with E-state index in [1.54, 1.807) is 0 Å². The maximum Gasteiger partial charge on any atom is 0.340 e. The number of ether oxygens (including phenoxy) is 1. The van der Waals surface area contributed by atoms with Crippen LogP contribution in [0.15, 0.2) is 6.07 Å². The van der Waals surface area contributed by atoms with Crippen LogP contribution in [0.5, 0.6) is 0 Å². The molecule has 1 aromatic heterocycles. The number of hydrogen-bond donors (Lipinski definition) is 0. The molecule has 0 amide bonds. The van der Waals surface area contributed by atoms with Gasteiger partial charge in [0.2, 0.25) is 0 Å². The van der Waals surface area contributed by atoms with Crippen molar-refractivity contribution in [2.75, 3.05) is 6.61 Å². The number of aryl methyl sites for hydroxylation is 1. The van der Waals surface area contributed by atoms with Crippen LogP contribution < -0.4 is 0 Å². The standard InChI is InChI=1S/C16H23NO2/c1-6-19-15(18)12-9-10(2)13(11-7-8-11)17-14(12)16(3,4)5/h9,11H,6-8H2,1-5H3. The van der Waals surface area contributed by atoms with Gasteiger partial charge in [0.25, 0.3) is 0 Å². The van der Waals surface area contributed by atoms with Gasteiger partial charge in [0.1, 0.15) is 0 Å². The second kappa shape index (κ2) is 4.95. The Balaban J connectivity index is 2.51. The number of aromatic nitrogens is 1. The number of rotatable bonds is 3. The Bertz CT molecular complexity index is 496. The Labute approximate surface area is 115 Å². The van der Waals surface area contributed by atoms with E-state index in [-0.39, 0.29) is 11.4 Å². The van der Waals surface area contributed by atoms with Gasteiger partial charge in [0, 0.05) is 17.0 Å². The predicted molar refractivity (Wildman–Crippen MR) is 75.6 cm³/mol. The third-order valence-corrected chi connectivity index (χ3v) is 3.42. The molecule has 0 atom stereocenters. The van der Waals surface area contributed by atoms with Gasteiger partial charge < -0.3 is 4.74 Å². The van der Waals surface area contributed by atoms with E-state index in [0.29, 0.717) is 18.1 Å². The van der Waals surface area contributed by atoms with Crippen LogP contribution in [0.25, 0.3) is 0 Å². The van der Waals surface area contributed by atoms with Crippen molar-refractivity contribution in [3.05, 3.63) is 28.6 Å². The van der Waals surface area contributed by atoms with Gasteiger partial charge in [-0.1, -0.05) is 20.8 Å². The van der Waals surface area contributed by atoms with E-state index < -0.39 is 0 Å². The zero-order valence-corrected chi connectivity index (χ0v) is 12.5. The van der Waals surface area contributed by atoms with E-state index in [2.05, 4.69) is 20.8 Å². The van der Waals surface area contributed by atoms with Crippen LogP contribution in [-0.2, 0) is 10.2 Å². The lowest BCUT2D eigenvalue weighted by atomic mass is 9.87. The summed E-state index contributed by atoms with van der Waals surface area (Å²) in [5.41, 5.74) is 3.60. The first-order valence-electron chi connectivity index (χ1n) is 7.03. The number of hydrogen-bond acceptors (Lipinski definition) is 3. The third-order valence-electron chi connectivity index (χ3n) is 3.42. The molecule has 0 radical (unpaired) electrons. The van der Waals surface area contributed by atoms with E-state index in [1.165, 1.54) is 12.8 Å². The molecule has 1 aliphatic carbocycles. The van der Waals surface area contributed by atoms with Gasteiger partial charge >= 0.3 is 5.97 Å². The first-order chi connectivity index (χ1) is 8.84. The fourth-order valence-corrected chi connectivity index (χ4v) is 2.33. The van der Waals surface area contributed by atoms with E-state index in [0.717, 1.165) is 17.0 Å². The zero-order chi connectivity index (χ0) is 14.2. The topological polar surface area (TPSA) is 39.2 Å². The minimum atomic E-state index is -0.259. The molecule has 0 saturated heterocycles. The van der Waals surface area contributed by atoms with Crippen LogP contribution in [0.3, 0.4) is 0 Å². The average molecular weight is 261 g/mol. The number of pyridine rings is 1. The molecular formula is C16H23NO2. The van der Waals surface area contributed by atoms with Crippen LogP contribution >= 0.6 is 0 Å². The summed E-state index contributed by atoms with van der Waals surface area (Å²) < 4.78 is 5.16. The summed E-state index contributed by atoms with van der Waals surface area (Å²) in [7, 11) is 0. The summed E-state index contributed by atoms with van der Waals surface area (Å²) in [5.74, 6) is 0.336. The predicted octanol–water partition coefficient (Wildman–Crippen LogP) is 3.74. The highest BCUT2D eigenvalue weighted by atomic mass is 16.5. The second-order valence-electron chi connectivity index (χ2n) is 6.33. The van der Waals surface area contributed by atoms with E-state index >= 15 is 0 Å². The number of carbonyl (C=O) groups is 1. The lowest BCUT2D eigenvalue weighted by Gasteiger charge is -2.22. The van der Waals surface area contributed by atoms with Crippen molar-refractivity contribution in [2.45, 2.75) is 58.8 Å². The summed E-state index contributed by atoms with van der Waals surface area (Å²) in [6, 6.07) is 1.96. The highest BCUT2D eigenvalue weighted by Crippen LogP contribution is 2.41. The Hall–Kier alpha value is -1.38. The summed E-state index contributed by atoms with van der Waals surface area (Å²) in [4.78, 5) is 16.9. The van der Waals surface area contributed by atoms with E-state index in [4.69, 9.17) is 9.72 Å². The molecule has 104 valence electrons. The minimum Gasteiger partial charge on any atom is -0.462 e. The fraction of sp³-hybridized carbons (Fsp3) is 0.625. The molecular weight excluding hydrogens is 238 g/mol. The molecule has 0 aliphatic heterocycles. The van der Waals surface area contributed by atoms with Gasteiger partial charge in [-0.15, -0.1) is 0 Å². The van der Waals surface area contributed by atoms with Crippen molar-refractivity contribution < 1.29 is 9.53 Å². The summed E-state index contributed by atoms with van der Waals surface area (Å²) >= 11 is 0. The Kier molecular flexibility index (Phi) is 3.66. The molecule has 0 aromatic carbocycles. The number of carbonyl (C=O) groups excluding carboxylic acids is 1. The van der Waals surface area contributed by atoms with Crippen LogP contribution in [0, 0.1) is 6.92 Å². The first-order valence-corrected chi connectivity index (χ1v) is 7.03. The Morgan fingerprint density at radius 2 is 2.05 bits per heavy atom. The quantitative estimate of drug-likeness (QED) is 0.778. The summed E-state index contributed by atoms with van der Waals surface area (Å²) in [6.45, 7) is 10.5. The lowest BCUT2D eigenvalue weighted by Crippen LogP contribution is -2.22. The van der Waals surface area contributed by atoms with Crippen LogP contribution in [-0.4, -0.2) is 17.6 Å². The van der Waals surface area contributed by atoms with Crippen LogP contribution in [0.2, 0.25) is 0 Å². The fourth-order valence-electron chi connectivity index (χ4n) is 2.33. The van der Waals surface area contributed by atoms with E-state index in [9.17, 15) is 4.79 Å². The molecule has 1 heterocycles. The van der Waals surface area contributed by atoms with Crippen molar-refractivity contribution in [1.82, 2.24) is 4.98 Å². The molecule has 0 unspecified atom stereocenters. The van der Waals surface area contributed by atoms with Gasteiger partial charge in [0.05, 0.1) is 17.9 Å². The second-order valence-corrected chi connectivity index (χ2v) is 6.33. The van der Waals surface area contributed by atoms with Gasteiger partial charge in [-0.3, -0.25) is 4.98 Å². The molecule has 3 nitrogen and oxygen atoms in total.